The Morgan fingerprint density at radius 2 is 2.24 bits per heavy atom. The molecule has 1 aromatic carbocycles. The molecule has 1 fully saturated rings. The number of anilines is 1. The molecule has 2 aromatic heterocycles. The Kier molecular flexibility index (Phi) is 3.79. The third-order valence-corrected chi connectivity index (χ3v) is 4.42. The minimum absolute atomic E-state index is 0.293. The highest BCUT2D eigenvalue weighted by Crippen LogP contribution is 2.34. The number of carboxylic acids is 1. The molecule has 128 valence electrons. The van der Waals surface area contributed by atoms with Gasteiger partial charge in [-0.25, -0.2) is 9.37 Å². The lowest BCUT2D eigenvalue weighted by atomic mass is 9.98. The first-order valence-corrected chi connectivity index (χ1v) is 7.97. The van der Waals surface area contributed by atoms with E-state index in [-0.39, 0.29) is 5.82 Å². The smallest absolute Gasteiger partial charge is 0.308 e. The SMILES string of the molecule is O=C(O)C1CCCN(c2ncnc3onc(-c4cccc(F)c4)c23)C1. The molecule has 1 N–H and O–H groups in total. The van der Waals surface area contributed by atoms with Gasteiger partial charge < -0.3 is 14.5 Å². The number of rotatable bonds is 3. The normalized spacial score (nSPS) is 17.8. The van der Waals surface area contributed by atoms with Crippen LogP contribution in [-0.2, 0) is 4.79 Å². The quantitative estimate of drug-likeness (QED) is 0.782. The van der Waals surface area contributed by atoms with Gasteiger partial charge in [0.2, 0.25) is 0 Å². The Bertz CT molecular complexity index is 943. The molecule has 0 saturated carbocycles. The summed E-state index contributed by atoms with van der Waals surface area (Å²) in [7, 11) is 0. The maximum atomic E-state index is 13.6. The number of fused-ring (bicyclic) bond motifs is 1. The highest BCUT2D eigenvalue weighted by molar-refractivity contribution is 5.98. The molecule has 3 heterocycles. The number of aliphatic carboxylic acids is 1. The van der Waals surface area contributed by atoms with Crippen molar-refractivity contribution in [1.29, 1.82) is 0 Å². The number of aromatic nitrogens is 3. The van der Waals surface area contributed by atoms with E-state index in [4.69, 9.17) is 4.52 Å². The number of hydrogen-bond donors (Lipinski definition) is 1. The molecule has 7 nitrogen and oxygen atoms in total. The van der Waals surface area contributed by atoms with Crippen LogP contribution in [0.15, 0.2) is 35.1 Å². The van der Waals surface area contributed by atoms with E-state index in [2.05, 4.69) is 15.1 Å². The lowest BCUT2D eigenvalue weighted by molar-refractivity contribution is -0.141. The average Bonchev–Trinajstić information content (AvgIpc) is 3.06. The molecule has 4 rings (SSSR count). The van der Waals surface area contributed by atoms with Gasteiger partial charge in [0.25, 0.3) is 5.71 Å². The summed E-state index contributed by atoms with van der Waals surface area (Å²) in [5, 5.41) is 13.9. The van der Waals surface area contributed by atoms with Crippen molar-refractivity contribution < 1.29 is 18.8 Å². The molecule has 0 amide bonds. The number of nitrogens with zero attached hydrogens (tertiary/aromatic N) is 4. The van der Waals surface area contributed by atoms with Crippen LogP contribution in [0.5, 0.6) is 0 Å². The van der Waals surface area contributed by atoms with Crippen molar-refractivity contribution in [3.8, 4) is 11.3 Å². The van der Waals surface area contributed by atoms with E-state index >= 15 is 0 Å². The predicted molar refractivity (Wildman–Crippen MR) is 87.6 cm³/mol. The average molecular weight is 342 g/mol. The van der Waals surface area contributed by atoms with Gasteiger partial charge >= 0.3 is 5.97 Å². The summed E-state index contributed by atoms with van der Waals surface area (Å²) < 4.78 is 18.9. The van der Waals surface area contributed by atoms with Crippen LogP contribution >= 0.6 is 0 Å². The highest BCUT2D eigenvalue weighted by atomic mass is 19.1. The minimum atomic E-state index is -0.814. The number of benzene rings is 1. The lowest BCUT2D eigenvalue weighted by Gasteiger charge is -2.31. The van der Waals surface area contributed by atoms with Crippen molar-refractivity contribution in [3.63, 3.8) is 0 Å². The summed E-state index contributed by atoms with van der Waals surface area (Å²) in [5.74, 6) is -1.07. The summed E-state index contributed by atoms with van der Waals surface area (Å²) in [5.41, 5.74) is 1.30. The van der Waals surface area contributed by atoms with Crippen molar-refractivity contribution in [2.24, 2.45) is 5.92 Å². The molecule has 0 spiro atoms. The van der Waals surface area contributed by atoms with Crippen LogP contribution in [-0.4, -0.2) is 39.3 Å². The third kappa shape index (κ3) is 2.79. The fraction of sp³-hybridized carbons (Fsp3) is 0.294. The minimum Gasteiger partial charge on any atom is -0.481 e. The van der Waals surface area contributed by atoms with Crippen LogP contribution in [0.3, 0.4) is 0 Å². The maximum Gasteiger partial charge on any atom is 0.308 e. The molecule has 3 aromatic rings. The fourth-order valence-electron chi connectivity index (χ4n) is 3.22. The van der Waals surface area contributed by atoms with Gasteiger partial charge in [0.1, 0.15) is 29.0 Å². The van der Waals surface area contributed by atoms with Crippen molar-refractivity contribution in [1.82, 2.24) is 15.1 Å². The monoisotopic (exact) mass is 342 g/mol. The predicted octanol–water partition coefficient (Wildman–Crippen LogP) is 2.72. The van der Waals surface area contributed by atoms with E-state index in [1.165, 1.54) is 18.5 Å². The van der Waals surface area contributed by atoms with E-state index in [9.17, 15) is 14.3 Å². The zero-order chi connectivity index (χ0) is 17.4. The van der Waals surface area contributed by atoms with E-state index < -0.39 is 11.9 Å². The van der Waals surface area contributed by atoms with Crippen LogP contribution in [0.4, 0.5) is 10.2 Å². The maximum absolute atomic E-state index is 13.6. The summed E-state index contributed by atoms with van der Waals surface area (Å²) >= 11 is 0. The molecular formula is C17H15FN4O3. The standard InChI is InChI=1S/C17H15FN4O3/c18-12-5-1-3-10(7-12)14-13-15(19-9-20-16(13)25-21-14)22-6-2-4-11(8-22)17(23)24/h1,3,5,7,9,11H,2,4,6,8H2,(H,23,24). The number of carbonyl (C=O) groups is 1. The van der Waals surface area contributed by atoms with Crippen LogP contribution < -0.4 is 4.90 Å². The highest BCUT2D eigenvalue weighted by Gasteiger charge is 2.29. The van der Waals surface area contributed by atoms with Gasteiger partial charge in [-0.05, 0) is 25.0 Å². The molecule has 0 bridgehead atoms. The third-order valence-electron chi connectivity index (χ3n) is 4.42. The first-order chi connectivity index (χ1) is 12.1. The van der Waals surface area contributed by atoms with Crippen LogP contribution in [0.25, 0.3) is 22.4 Å². The number of halogens is 1. The molecule has 1 aliphatic heterocycles. The van der Waals surface area contributed by atoms with Crippen LogP contribution in [0.1, 0.15) is 12.8 Å². The van der Waals surface area contributed by atoms with Crippen LogP contribution in [0.2, 0.25) is 0 Å². The molecular weight excluding hydrogens is 327 g/mol. The number of carboxylic acid groups (broad SMARTS) is 1. The zero-order valence-electron chi connectivity index (χ0n) is 13.2. The number of hydrogen-bond acceptors (Lipinski definition) is 6. The largest absolute Gasteiger partial charge is 0.481 e. The van der Waals surface area contributed by atoms with Gasteiger partial charge in [0, 0.05) is 18.7 Å². The first-order valence-electron chi connectivity index (χ1n) is 7.97. The molecule has 0 aliphatic carbocycles. The summed E-state index contributed by atoms with van der Waals surface area (Å²) in [6.45, 7) is 1.04. The Morgan fingerprint density at radius 3 is 3.04 bits per heavy atom. The van der Waals surface area contributed by atoms with E-state index in [1.807, 2.05) is 4.90 Å². The van der Waals surface area contributed by atoms with Gasteiger partial charge in [0.05, 0.1) is 5.92 Å². The van der Waals surface area contributed by atoms with Crippen molar-refractivity contribution in [2.75, 3.05) is 18.0 Å². The van der Waals surface area contributed by atoms with Gasteiger partial charge in [-0.3, -0.25) is 4.79 Å². The van der Waals surface area contributed by atoms with E-state index in [0.717, 1.165) is 6.42 Å². The molecule has 1 unspecified atom stereocenters. The van der Waals surface area contributed by atoms with Gasteiger partial charge in [-0.15, -0.1) is 0 Å². The Labute approximate surface area is 142 Å². The topological polar surface area (TPSA) is 92.3 Å². The Balaban J connectivity index is 1.82. The Morgan fingerprint density at radius 1 is 1.36 bits per heavy atom. The van der Waals surface area contributed by atoms with Gasteiger partial charge in [-0.1, -0.05) is 17.3 Å². The summed E-state index contributed by atoms with van der Waals surface area (Å²) in [6, 6.07) is 6.04. The molecule has 1 atom stereocenters. The van der Waals surface area contributed by atoms with Crippen LogP contribution in [0, 0.1) is 11.7 Å². The molecule has 25 heavy (non-hydrogen) atoms. The fourth-order valence-corrected chi connectivity index (χ4v) is 3.22. The van der Waals surface area contributed by atoms with Crippen molar-refractivity contribution in [2.45, 2.75) is 12.8 Å². The molecule has 1 saturated heterocycles. The molecule has 8 heteroatoms. The second kappa shape index (κ2) is 6.12. The Hall–Kier alpha value is -3.03. The molecule has 1 aliphatic rings. The lowest BCUT2D eigenvalue weighted by Crippen LogP contribution is -2.39. The zero-order valence-corrected chi connectivity index (χ0v) is 13.2. The first kappa shape index (κ1) is 15.5. The molecule has 0 radical (unpaired) electrons. The summed E-state index contributed by atoms with van der Waals surface area (Å²) in [6.07, 6.45) is 2.76. The van der Waals surface area contributed by atoms with Gasteiger partial charge in [0.15, 0.2) is 0 Å². The van der Waals surface area contributed by atoms with Crippen molar-refractivity contribution >= 4 is 22.9 Å². The van der Waals surface area contributed by atoms with Gasteiger partial charge in [-0.2, -0.15) is 4.98 Å². The number of piperidine rings is 1. The van der Waals surface area contributed by atoms with E-state index in [1.54, 1.807) is 12.1 Å². The van der Waals surface area contributed by atoms with Crippen molar-refractivity contribution in [3.05, 3.63) is 36.4 Å². The summed E-state index contributed by atoms with van der Waals surface area (Å²) in [4.78, 5) is 21.7. The van der Waals surface area contributed by atoms with E-state index in [0.29, 0.717) is 47.7 Å². The second-order valence-corrected chi connectivity index (χ2v) is 6.04. The second-order valence-electron chi connectivity index (χ2n) is 6.04.